The van der Waals surface area contributed by atoms with Crippen LogP contribution in [0.15, 0.2) is 52.6 Å². The minimum absolute atomic E-state index is 0.0868. The van der Waals surface area contributed by atoms with Crippen LogP contribution in [0.25, 0.3) is 17.5 Å². The zero-order valence-electron chi connectivity index (χ0n) is 17.6. The molecule has 0 saturated heterocycles. The summed E-state index contributed by atoms with van der Waals surface area (Å²) in [5.74, 6) is 0.780. The van der Waals surface area contributed by atoms with Crippen LogP contribution in [0.5, 0.6) is 5.75 Å². The number of carboxylic acids is 1. The topological polar surface area (TPSA) is 81.8 Å². The van der Waals surface area contributed by atoms with Gasteiger partial charge in [-0.3, -0.25) is 0 Å². The molecule has 0 radical (unpaired) electrons. The highest BCUT2D eigenvalue weighted by Crippen LogP contribution is 2.26. The van der Waals surface area contributed by atoms with Gasteiger partial charge in [-0.05, 0) is 68.7 Å². The van der Waals surface area contributed by atoms with Crippen LogP contribution in [0.4, 0.5) is 0 Å². The lowest BCUT2D eigenvalue weighted by atomic mass is 10.1. The number of benzene rings is 2. The van der Waals surface area contributed by atoms with Gasteiger partial charge >= 0.3 is 5.97 Å². The molecule has 0 aliphatic rings. The maximum absolute atomic E-state index is 11.3. The van der Waals surface area contributed by atoms with E-state index >= 15 is 0 Å². The summed E-state index contributed by atoms with van der Waals surface area (Å²) in [4.78, 5) is 15.8. The molecular weight excluding hydrogens is 382 g/mol. The van der Waals surface area contributed by atoms with Crippen LogP contribution in [0.3, 0.4) is 0 Å². The molecule has 6 heteroatoms. The van der Waals surface area contributed by atoms with Crippen molar-refractivity contribution in [2.24, 2.45) is 0 Å². The van der Waals surface area contributed by atoms with E-state index in [0.29, 0.717) is 24.0 Å². The van der Waals surface area contributed by atoms with Crippen molar-refractivity contribution >= 4 is 12.0 Å². The number of carbonyl (C=O) groups is 1. The Labute approximate surface area is 175 Å². The Morgan fingerprint density at radius 2 is 1.90 bits per heavy atom. The Balaban J connectivity index is 1.74. The Kier molecular flexibility index (Phi) is 6.57. The molecule has 0 saturated carbocycles. The fourth-order valence-corrected chi connectivity index (χ4v) is 3.00. The lowest BCUT2D eigenvalue weighted by Crippen LogP contribution is -2.05. The van der Waals surface area contributed by atoms with Gasteiger partial charge in [0, 0.05) is 5.56 Å². The molecule has 3 aromatic rings. The number of hydrogen-bond donors (Lipinski definition) is 1. The van der Waals surface area contributed by atoms with Crippen molar-refractivity contribution in [3.8, 4) is 17.2 Å². The predicted octanol–water partition coefficient (Wildman–Crippen LogP) is 5.31. The molecule has 0 atom stereocenters. The standard InChI is InChI=1S/C24H25NO5/c1-5-28-22(24(26)27)13-18-10-11-19(12-16(18)3)29-14-21-17(4)30-23(25-21)20-9-7-6-8-15(20)2/h6-13H,5,14H2,1-4H3,(H,26,27)/b22-13+. The highest BCUT2D eigenvalue weighted by molar-refractivity contribution is 5.90. The number of nitrogens with zero attached hydrogens (tertiary/aromatic N) is 1. The summed E-state index contributed by atoms with van der Waals surface area (Å²) >= 11 is 0. The fourth-order valence-electron chi connectivity index (χ4n) is 3.00. The van der Waals surface area contributed by atoms with E-state index in [0.717, 1.165) is 27.9 Å². The summed E-state index contributed by atoms with van der Waals surface area (Å²) in [7, 11) is 0. The molecule has 0 aliphatic heterocycles. The molecule has 1 N–H and O–H groups in total. The van der Waals surface area contributed by atoms with Crippen LogP contribution in [-0.2, 0) is 16.1 Å². The zero-order valence-corrected chi connectivity index (χ0v) is 17.6. The van der Waals surface area contributed by atoms with Gasteiger partial charge in [-0.25, -0.2) is 9.78 Å². The van der Waals surface area contributed by atoms with Crippen LogP contribution >= 0.6 is 0 Å². The van der Waals surface area contributed by atoms with Crippen LogP contribution < -0.4 is 4.74 Å². The summed E-state index contributed by atoms with van der Waals surface area (Å²) in [6.45, 7) is 8.09. The van der Waals surface area contributed by atoms with E-state index in [-0.39, 0.29) is 12.4 Å². The molecule has 3 rings (SSSR count). The van der Waals surface area contributed by atoms with E-state index in [1.54, 1.807) is 19.1 Å². The summed E-state index contributed by atoms with van der Waals surface area (Å²) < 4.78 is 16.9. The minimum atomic E-state index is -1.09. The molecule has 0 aliphatic carbocycles. The molecule has 156 valence electrons. The van der Waals surface area contributed by atoms with Crippen molar-refractivity contribution in [3.05, 3.63) is 76.4 Å². The van der Waals surface area contributed by atoms with Crippen molar-refractivity contribution < 1.29 is 23.8 Å². The number of hydrogen-bond acceptors (Lipinski definition) is 5. The van der Waals surface area contributed by atoms with Gasteiger partial charge in [0.1, 0.15) is 23.8 Å². The lowest BCUT2D eigenvalue weighted by molar-refractivity contribution is -0.136. The Morgan fingerprint density at radius 3 is 2.57 bits per heavy atom. The van der Waals surface area contributed by atoms with Gasteiger partial charge < -0.3 is 19.0 Å². The minimum Gasteiger partial charge on any atom is -0.487 e. The number of aliphatic carboxylic acids is 1. The number of aryl methyl sites for hydroxylation is 3. The SMILES string of the molecule is CCO/C(=C/c1ccc(OCc2nc(-c3ccccc3C)oc2C)cc1C)C(=O)O. The third kappa shape index (κ3) is 4.89. The van der Waals surface area contributed by atoms with Gasteiger partial charge in [-0.1, -0.05) is 24.3 Å². The van der Waals surface area contributed by atoms with Crippen molar-refractivity contribution in [2.45, 2.75) is 34.3 Å². The van der Waals surface area contributed by atoms with Crippen LogP contribution in [0.1, 0.15) is 35.1 Å². The summed E-state index contributed by atoms with van der Waals surface area (Å²) in [6, 6.07) is 13.4. The normalized spacial score (nSPS) is 11.4. The van der Waals surface area contributed by atoms with E-state index in [9.17, 15) is 9.90 Å². The number of rotatable bonds is 8. The van der Waals surface area contributed by atoms with Gasteiger partial charge in [0.05, 0.1) is 6.61 Å². The summed E-state index contributed by atoms with van der Waals surface area (Å²) in [6.07, 6.45) is 1.52. The van der Waals surface area contributed by atoms with E-state index in [1.165, 1.54) is 6.08 Å². The van der Waals surface area contributed by atoms with Crippen molar-refractivity contribution in [1.82, 2.24) is 4.98 Å². The molecule has 0 bridgehead atoms. The van der Waals surface area contributed by atoms with Crippen molar-refractivity contribution in [2.75, 3.05) is 6.61 Å². The molecule has 0 spiro atoms. The molecule has 0 fully saturated rings. The zero-order chi connectivity index (χ0) is 21.7. The highest BCUT2D eigenvalue weighted by atomic mass is 16.5. The van der Waals surface area contributed by atoms with E-state index in [2.05, 4.69) is 4.98 Å². The molecule has 2 aromatic carbocycles. The van der Waals surface area contributed by atoms with E-state index < -0.39 is 5.97 Å². The predicted molar refractivity (Wildman–Crippen MR) is 114 cm³/mol. The van der Waals surface area contributed by atoms with Gasteiger partial charge in [-0.2, -0.15) is 0 Å². The van der Waals surface area contributed by atoms with Crippen LogP contribution in [0, 0.1) is 20.8 Å². The third-order valence-electron chi connectivity index (χ3n) is 4.68. The van der Waals surface area contributed by atoms with E-state index in [1.807, 2.05) is 51.1 Å². The second-order valence-electron chi connectivity index (χ2n) is 6.89. The number of carboxylic acid groups (broad SMARTS) is 1. The van der Waals surface area contributed by atoms with Gasteiger partial charge in [0.15, 0.2) is 0 Å². The van der Waals surface area contributed by atoms with Crippen molar-refractivity contribution in [1.29, 1.82) is 0 Å². The van der Waals surface area contributed by atoms with Crippen LogP contribution in [0.2, 0.25) is 0 Å². The first-order valence-electron chi connectivity index (χ1n) is 9.72. The molecule has 0 amide bonds. The van der Waals surface area contributed by atoms with Gasteiger partial charge in [0.2, 0.25) is 11.6 Å². The van der Waals surface area contributed by atoms with Crippen molar-refractivity contribution in [3.63, 3.8) is 0 Å². The summed E-state index contributed by atoms with van der Waals surface area (Å²) in [5.41, 5.74) is 4.43. The number of oxazole rings is 1. The summed E-state index contributed by atoms with van der Waals surface area (Å²) in [5, 5.41) is 9.22. The van der Waals surface area contributed by atoms with Gasteiger partial charge in [0.25, 0.3) is 0 Å². The first kappa shape index (κ1) is 21.2. The first-order chi connectivity index (χ1) is 14.4. The molecule has 1 heterocycles. The average Bonchev–Trinajstić information content (AvgIpc) is 3.08. The molecule has 1 aromatic heterocycles. The molecule has 0 unspecified atom stereocenters. The third-order valence-corrected chi connectivity index (χ3v) is 4.68. The maximum atomic E-state index is 11.3. The second-order valence-corrected chi connectivity index (χ2v) is 6.89. The number of ether oxygens (including phenoxy) is 2. The Hall–Kier alpha value is -3.54. The molecule has 30 heavy (non-hydrogen) atoms. The van der Waals surface area contributed by atoms with Gasteiger partial charge in [-0.15, -0.1) is 0 Å². The Morgan fingerprint density at radius 1 is 1.13 bits per heavy atom. The largest absolute Gasteiger partial charge is 0.487 e. The van der Waals surface area contributed by atoms with E-state index in [4.69, 9.17) is 13.9 Å². The smallest absolute Gasteiger partial charge is 0.371 e. The first-order valence-corrected chi connectivity index (χ1v) is 9.72. The average molecular weight is 407 g/mol. The molecule has 6 nitrogen and oxygen atoms in total. The lowest BCUT2D eigenvalue weighted by Gasteiger charge is -2.09. The quantitative estimate of drug-likeness (QED) is 0.403. The second kappa shape index (κ2) is 9.31. The highest BCUT2D eigenvalue weighted by Gasteiger charge is 2.14. The van der Waals surface area contributed by atoms with Crippen LogP contribution in [-0.4, -0.2) is 22.7 Å². The fraction of sp³-hybridized carbons (Fsp3) is 0.250. The number of aromatic nitrogens is 1. The Bertz CT molecular complexity index is 1080. The molecular formula is C24H25NO5. The maximum Gasteiger partial charge on any atom is 0.371 e. The monoisotopic (exact) mass is 407 g/mol.